The molecule has 1 aromatic heterocycles. The van der Waals surface area contributed by atoms with E-state index < -0.39 is 0 Å². The van der Waals surface area contributed by atoms with Gasteiger partial charge >= 0.3 is 0 Å². The molecule has 2 aromatic rings. The van der Waals surface area contributed by atoms with E-state index in [0.717, 1.165) is 30.9 Å². The fourth-order valence-electron chi connectivity index (χ4n) is 3.50. The lowest BCUT2D eigenvalue weighted by Gasteiger charge is -2.37. The van der Waals surface area contributed by atoms with Crippen LogP contribution in [0, 0.1) is 0 Å². The molecule has 0 saturated carbocycles. The molecule has 2 heterocycles. The molecule has 1 unspecified atom stereocenters. The molecule has 1 saturated heterocycles. The Kier molecular flexibility index (Phi) is 7.63. The van der Waals surface area contributed by atoms with Gasteiger partial charge in [0.15, 0.2) is 0 Å². The van der Waals surface area contributed by atoms with Gasteiger partial charge in [-0.3, -0.25) is 9.88 Å². The van der Waals surface area contributed by atoms with Gasteiger partial charge in [0.25, 0.3) is 0 Å². The summed E-state index contributed by atoms with van der Waals surface area (Å²) in [4.78, 5) is 9.25. The van der Waals surface area contributed by atoms with Crippen LogP contribution >= 0.6 is 0 Å². The highest BCUT2D eigenvalue weighted by Gasteiger charge is 2.19. The SMILES string of the molecule is CCN1CCN(C(C)CNCc2ccccc2OCc2cccnc2)CC1. The third-order valence-corrected chi connectivity index (χ3v) is 5.32. The summed E-state index contributed by atoms with van der Waals surface area (Å²) in [5.41, 5.74) is 2.28. The molecule has 1 aliphatic heterocycles. The van der Waals surface area contributed by atoms with Crippen molar-refractivity contribution >= 4 is 0 Å². The summed E-state index contributed by atoms with van der Waals surface area (Å²) >= 11 is 0. The van der Waals surface area contributed by atoms with Gasteiger partial charge in [0.1, 0.15) is 12.4 Å². The van der Waals surface area contributed by atoms with Gasteiger partial charge in [0, 0.05) is 68.8 Å². The van der Waals surface area contributed by atoms with E-state index >= 15 is 0 Å². The molecule has 1 atom stereocenters. The van der Waals surface area contributed by atoms with Crippen LogP contribution in [0.25, 0.3) is 0 Å². The largest absolute Gasteiger partial charge is 0.489 e. The molecule has 1 fully saturated rings. The van der Waals surface area contributed by atoms with Gasteiger partial charge in [-0.15, -0.1) is 0 Å². The van der Waals surface area contributed by atoms with Gasteiger partial charge in [-0.05, 0) is 25.6 Å². The number of nitrogens with one attached hydrogen (secondary N) is 1. The molecule has 146 valence electrons. The Morgan fingerprint density at radius 2 is 1.93 bits per heavy atom. The van der Waals surface area contributed by atoms with E-state index in [4.69, 9.17) is 4.74 Å². The fourth-order valence-corrected chi connectivity index (χ4v) is 3.50. The van der Waals surface area contributed by atoms with E-state index in [1.54, 1.807) is 6.20 Å². The van der Waals surface area contributed by atoms with E-state index in [1.807, 2.05) is 30.5 Å². The number of likely N-dealkylation sites (N-methyl/N-ethyl adjacent to an activating group) is 1. The average molecular weight is 369 g/mol. The van der Waals surface area contributed by atoms with Gasteiger partial charge in [-0.1, -0.05) is 31.2 Å². The number of benzene rings is 1. The molecule has 27 heavy (non-hydrogen) atoms. The molecule has 0 radical (unpaired) electrons. The quantitative estimate of drug-likeness (QED) is 0.737. The van der Waals surface area contributed by atoms with Crippen LogP contribution in [-0.4, -0.2) is 60.1 Å². The van der Waals surface area contributed by atoms with Crippen molar-refractivity contribution < 1.29 is 4.74 Å². The van der Waals surface area contributed by atoms with E-state index in [0.29, 0.717) is 12.6 Å². The highest BCUT2D eigenvalue weighted by Crippen LogP contribution is 2.19. The van der Waals surface area contributed by atoms with Crippen molar-refractivity contribution in [1.29, 1.82) is 0 Å². The Labute approximate surface area is 163 Å². The molecule has 3 rings (SSSR count). The van der Waals surface area contributed by atoms with Gasteiger partial charge in [0.05, 0.1) is 0 Å². The molecular weight excluding hydrogens is 336 g/mol. The highest BCUT2D eigenvalue weighted by molar-refractivity contribution is 5.33. The first-order valence-electron chi connectivity index (χ1n) is 10.0. The maximum absolute atomic E-state index is 6.03. The molecule has 0 bridgehead atoms. The number of hydrogen-bond donors (Lipinski definition) is 1. The van der Waals surface area contributed by atoms with Gasteiger partial charge in [0.2, 0.25) is 0 Å². The molecule has 0 aliphatic carbocycles. The Hall–Kier alpha value is -1.95. The summed E-state index contributed by atoms with van der Waals surface area (Å²) in [6, 6.07) is 12.8. The fraction of sp³-hybridized carbons (Fsp3) is 0.500. The summed E-state index contributed by atoms with van der Waals surface area (Å²) in [6.45, 7) is 12.8. The molecule has 5 heteroatoms. The Morgan fingerprint density at radius 3 is 2.67 bits per heavy atom. The van der Waals surface area contributed by atoms with Crippen LogP contribution in [0.4, 0.5) is 0 Å². The zero-order chi connectivity index (χ0) is 18.9. The lowest BCUT2D eigenvalue weighted by Crippen LogP contribution is -2.51. The summed E-state index contributed by atoms with van der Waals surface area (Å²) < 4.78 is 6.03. The molecule has 0 spiro atoms. The number of hydrogen-bond acceptors (Lipinski definition) is 5. The summed E-state index contributed by atoms with van der Waals surface area (Å²) in [5.74, 6) is 0.943. The minimum atomic E-state index is 0.545. The molecule has 5 nitrogen and oxygen atoms in total. The van der Waals surface area contributed by atoms with E-state index in [2.05, 4.69) is 46.1 Å². The summed E-state index contributed by atoms with van der Waals surface area (Å²) in [7, 11) is 0. The highest BCUT2D eigenvalue weighted by atomic mass is 16.5. The summed E-state index contributed by atoms with van der Waals surface area (Å²) in [5, 5.41) is 3.61. The molecule has 0 amide bonds. The van der Waals surface area contributed by atoms with Gasteiger partial charge < -0.3 is 15.0 Å². The van der Waals surface area contributed by atoms with Crippen molar-refractivity contribution in [3.8, 4) is 5.75 Å². The Bertz CT molecular complexity index is 671. The van der Waals surface area contributed by atoms with Crippen LogP contribution in [0.15, 0.2) is 48.8 Å². The molecular formula is C22H32N4O. The third kappa shape index (κ3) is 6.03. The minimum absolute atomic E-state index is 0.545. The zero-order valence-corrected chi connectivity index (χ0v) is 16.6. The Balaban J connectivity index is 1.45. The minimum Gasteiger partial charge on any atom is -0.489 e. The standard InChI is InChI=1S/C22H32N4O/c1-3-25-11-13-26(14-12-25)19(2)15-24-17-21-8-4-5-9-22(21)27-18-20-7-6-10-23-16-20/h4-10,16,19,24H,3,11-15,17-18H2,1-2H3. The maximum Gasteiger partial charge on any atom is 0.124 e. The smallest absolute Gasteiger partial charge is 0.124 e. The summed E-state index contributed by atoms with van der Waals surface area (Å²) in [6.07, 6.45) is 3.63. The van der Waals surface area contributed by atoms with Crippen LogP contribution in [0.3, 0.4) is 0 Å². The second-order valence-electron chi connectivity index (χ2n) is 7.21. The van der Waals surface area contributed by atoms with Crippen LogP contribution in [0.2, 0.25) is 0 Å². The predicted molar refractivity (Wildman–Crippen MR) is 110 cm³/mol. The number of nitrogens with zero attached hydrogens (tertiary/aromatic N) is 3. The normalized spacial score (nSPS) is 17.0. The van der Waals surface area contributed by atoms with Crippen LogP contribution < -0.4 is 10.1 Å². The number of rotatable bonds is 9. The monoisotopic (exact) mass is 368 g/mol. The second-order valence-corrected chi connectivity index (χ2v) is 7.21. The van der Waals surface area contributed by atoms with Crippen molar-refractivity contribution in [1.82, 2.24) is 20.1 Å². The lowest BCUT2D eigenvalue weighted by molar-refractivity contribution is 0.105. The maximum atomic E-state index is 6.03. The van der Waals surface area contributed by atoms with Gasteiger partial charge in [-0.25, -0.2) is 0 Å². The van der Waals surface area contributed by atoms with Crippen molar-refractivity contribution in [2.24, 2.45) is 0 Å². The molecule has 1 aromatic carbocycles. The van der Waals surface area contributed by atoms with E-state index in [1.165, 1.54) is 31.7 Å². The zero-order valence-electron chi connectivity index (χ0n) is 16.6. The second kappa shape index (κ2) is 10.4. The van der Waals surface area contributed by atoms with Crippen molar-refractivity contribution in [3.63, 3.8) is 0 Å². The first-order chi connectivity index (χ1) is 13.3. The lowest BCUT2D eigenvalue weighted by atomic mass is 10.2. The number of aromatic nitrogens is 1. The number of ether oxygens (including phenoxy) is 1. The van der Waals surface area contributed by atoms with Crippen LogP contribution in [0.5, 0.6) is 5.75 Å². The van der Waals surface area contributed by atoms with Crippen molar-refractivity contribution in [2.45, 2.75) is 33.0 Å². The molecule has 1 aliphatic rings. The van der Waals surface area contributed by atoms with Crippen molar-refractivity contribution in [2.75, 3.05) is 39.3 Å². The molecule has 1 N–H and O–H groups in total. The first-order valence-corrected chi connectivity index (χ1v) is 10.0. The third-order valence-electron chi connectivity index (χ3n) is 5.32. The van der Waals surface area contributed by atoms with Crippen molar-refractivity contribution in [3.05, 3.63) is 59.9 Å². The number of piperazine rings is 1. The van der Waals surface area contributed by atoms with E-state index in [-0.39, 0.29) is 0 Å². The first kappa shape index (κ1) is 19.8. The van der Waals surface area contributed by atoms with Crippen LogP contribution in [-0.2, 0) is 13.2 Å². The van der Waals surface area contributed by atoms with Gasteiger partial charge in [-0.2, -0.15) is 0 Å². The topological polar surface area (TPSA) is 40.6 Å². The van der Waals surface area contributed by atoms with E-state index in [9.17, 15) is 0 Å². The average Bonchev–Trinajstić information content (AvgIpc) is 2.74. The Morgan fingerprint density at radius 1 is 1.11 bits per heavy atom. The number of pyridine rings is 1. The predicted octanol–water partition coefficient (Wildman–Crippen LogP) is 2.78. The number of para-hydroxylation sites is 1. The van der Waals surface area contributed by atoms with Crippen LogP contribution in [0.1, 0.15) is 25.0 Å².